The van der Waals surface area contributed by atoms with Crippen molar-refractivity contribution in [1.29, 1.82) is 0 Å². The first kappa shape index (κ1) is 16.7. The molecule has 3 heteroatoms. The number of hydrogen-bond acceptors (Lipinski definition) is 2. The average molecular weight is 344 g/mol. The zero-order valence-corrected chi connectivity index (χ0v) is 14.6. The van der Waals surface area contributed by atoms with Crippen LogP contribution in [-0.4, -0.2) is 23.0 Å². The Morgan fingerprint density at radius 2 is 1.65 bits per heavy atom. The van der Waals surface area contributed by atoms with Gasteiger partial charge in [0.2, 0.25) is 0 Å². The summed E-state index contributed by atoms with van der Waals surface area (Å²) in [4.78, 5) is 7.17. The van der Waals surface area contributed by atoms with Crippen molar-refractivity contribution in [3.63, 3.8) is 0 Å². The van der Waals surface area contributed by atoms with E-state index in [4.69, 9.17) is 4.98 Å². The van der Waals surface area contributed by atoms with Crippen LogP contribution in [0.4, 0.5) is 4.39 Å². The summed E-state index contributed by atoms with van der Waals surface area (Å²) in [6.45, 7) is 2.80. The average Bonchev–Trinajstić information content (AvgIpc) is 2.70. The maximum Gasteiger partial charge on any atom is 0.123 e. The van der Waals surface area contributed by atoms with Crippen molar-refractivity contribution in [2.75, 3.05) is 13.1 Å². The minimum atomic E-state index is -0.223. The van der Waals surface area contributed by atoms with Gasteiger partial charge in [-0.3, -0.25) is 9.88 Å². The van der Waals surface area contributed by atoms with Crippen LogP contribution < -0.4 is 0 Å². The maximum atomic E-state index is 13.1. The quantitative estimate of drug-likeness (QED) is 0.648. The second-order valence-electron chi connectivity index (χ2n) is 6.60. The monoisotopic (exact) mass is 344 g/mol. The molecule has 1 aliphatic rings. The highest BCUT2D eigenvalue weighted by molar-refractivity contribution is 5.66. The van der Waals surface area contributed by atoms with Gasteiger partial charge in [0.25, 0.3) is 0 Å². The second-order valence-corrected chi connectivity index (χ2v) is 6.60. The van der Waals surface area contributed by atoms with Gasteiger partial charge in [0.05, 0.1) is 11.4 Å². The van der Waals surface area contributed by atoms with E-state index in [1.807, 2.05) is 12.1 Å². The van der Waals surface area contributed by atoms with Gasteiger partial charge in [-0.1, -0.05) is 42.5 Å². The molecule has 0 fully saturated rings. The Morgan fingerprint density at radius 3 is 2.38 bits per heavy atom. The predicted molar refractivity (Wildman–Crippen MR) is 104 cm³/mol. The van der Waals surface area contributed by atoms with Crippen LogP contribution in [-0.2, 0) is 6.54 Å². The Bertz CT molecular complexity index is 901. The maximum absolute atomic E-state index is 13.1. The molecule has 2 aromatic carbocycles. The fraction of sp³-hybridized carbons (Fsp3) is 0.174. The molecule has 1 aliphatic heterocycles. The predicted octanol–water partition coefficient (Wildman–Crippen LogP) is 5.18. The zero-order chi connectivity index (χ0) is 17.8. The van der Waals surface area contributed by atoms with Crippen molar-refractivity contribution in [2.24, 2.45) is 0 Å². The fourth-order valence-corrected chi connectivity index (χ4v) is 3.35. The lowest BCUT2D eigenvalue weighted by molar-refractivity contribution is 0.290. The molecule has 130 valence electrons. The summed E-state index contributed by atoms with van der Waals surface area (Å²) in [7, 11) is 0. The topological polar surface area (TPSA) is 16.1 Å². The fourth-order valence-electron chi connectivity index (χ4n) is 3.35. The Balaban J connectivity index is 1.45. The van der Waals surface area contributed by atoms with Gasteiger partial charge in [0.1, 0.15) is 5.82 Å². The van der Waals surface area contributed by atoms with Gasteiger partial charge in [-0.05, 0) is 54.0 Å². The molecule has 1 aromatic heterocycles. The summed E-state index contributed by atoms with van der Waals surface area (Å²) < 4.78 is 13.1. The van der Waals surface area contributed by atoms with E-state index in [0.29, 0.717) is 0 Å². The van der Waals surface area contributed by atoms with Crippen LogP contribution in [0.3, 0.4) is 0 Å². The molecule has 0 atom stereocenters. The van der Waals surface area contributed by atoms with Crippen molar-refractivity contribution < 1.29 is 4.39 Å². The van der Waals surface area contributed by atoms with Gasteiger partial charge in [0, 0.05) is 25.2 Å². The molecule has 0 bridgehead atoms. The van der Waals surface area contributed by atoms with E-state index in [-0.39, 0.29) is 5.82 Å². The Hall–Kier alpha value is -2.78. The summed E-state index contributed by atoms with van der Waals surface area (Å²) >= 11 is 0. The van der Waals surface area contributed by atoms with Crippen LogP contribution in [0.25, 0.3) is 16.8 Å². The van der Waals surface area contributed by atoms with Crippen LogP contribution in [0.5, 0.6) is 0 Å². The lowest BCUT2D eigenvalue weighted by Gasteiger charge is -2.26. The number of rotatable bonds is 4. The molecule has 0 unspecified atom stereocenters. The number of nitrogens with zero attached hydrogens (tertiary/aromatic N) is 2. The minimum Gasteiger partial charge on any atom is -0.294 e. The van der Waals surface area contributed by atoms with Crippen molar-refractivity contribution in [3.8, 4) is 11.3 Å². The van der Waals surface area contributed by atoms with E-state index in [0.717, 1.165) is 43.0 Å². The van der Waals surface area contributed by atoms with Crippen molar-refractivity contribution in [2.45, 2.75) is 13.0 Å². The number of pyridine rings is 1. The third kappa shape index (κ3) is 3.89. The van der Waals surface area contributed by atoms with Crippen LogP contribution in [0.2, 0.25) is 0 Å². The highest BCUT2D eigenvalue weighted by Crippen LogP contribution is 2.23. The normalized spacial score (nSPS) is 14.9. The van der Waals surface area contributed by atoms with E-state index in [1.165, 1.54) is 23.3 Å². The van der Waals surface area contributed by atoms with Gasteiger partial charge >= 0.3 is 0 Å². The molecule has 0 aliphatic carbocycles. The minimum absolute atomic E-state index is 0.223. The summed E-state index contributed by atoms with van der Waals surface area (Å²) in [5, 5.41) is 0. The summed E-state index contributed by atoms with van der Waals surface area (Å²) in [5.74, 6) is -0.223. The zero-order valence-electron chi connectivity index (χ0n) is 14.6. The Kier molecular flexibility index (Phi) is 4.89. The van der Waals surface area contributed by atoms with Crippen molar-refractivity contribution >= 4 is 5.57 Å². The SMILES string of the molecule is Fc1ccc(-c2cccc(CN3CC=C(c4ccccc4)CC3)n2)cc1. The highest BCUT2D eigenvalue weighted by atomic mass is 19.1. The first-order valence-corrected chi connectivity index (χ1v) is 8.96. The number of halogens is 1. The smallest absolute Gasteiger partial charge is 0.123 e. The molecule has 0 saturated carbocycles. The van der Waals surface area contributed by atoms with E-state index in [1.54, 1.807) is 12.1 Å². The van der Waals surface area contributed by atoms with Gasteiger partial charge in [-0.15, -0.1) is 0 Å². The van der Waals surface area contributed by atoms with Crippen LogP contribution in [0.1, 0.15) is 17.7 Å². The van der Waals surface area contributed by atoms with Crippen LogP contribution in [0, 0.1) is 5.82 Å². The number of aromatic nitrogens is 1. The van der Waals surface area contributed by atoms with Crippen LogP contribution in [0.15, 0.2) is 78.9 Å². The van der Waals surface area contributed by atoms with Gasteiger partial charge in [0.15, 0.2) is 0 Å². The Morgan fingerprint density at radius 1 is 0.846 bits per heavy atom. The molecule has 0 radical (unpaired) electrons. The lowest BCUT2D eigenvalue weighted by atomic mass is 9.99. The molecule has 0 saturated heterocycles. The largest absolute Gasteiger partial charge is 0.294 e. The van der Waals surface area contributed by atoms with Crippen molar-refractivity contribution in [3.05, 3.63) is 95.9 Å². The molecule has 2 nitrogen and oxygen atoms in total. The molecule has 26 heavy (non-hydrogen) atoms. The van der Waals surface area contributed by atoms with E-state index < -0.39 is 0 Å². The third-order valence-corrected chi connectivity index (χ3v) is 4.77. The molecule has 0 spiro atoms. The number of hydrogen-bond donors (Lipinski definition) is 0. The third-order valence-electron chi connectivity index (χ3n) is 4.77. The molecular formula is C23H21FN2. The number of benzene rings is 2. The van der Waals surface area contributed by atoms with Gasteiger partial charge in [-0.2, -0.15) is 0 Å². The van der Waals surface area contributed by atoms with E-state index >= 15 is 0 Å². The van der Waals surface area contributed by atoms with Gasteiger partial charge < -0.3 is 0 Å². The molecule has 4 rings (SSSR count). The molecular weight excluding hydrogens is 323 g/mol. The summed E-state index contributed by atoms with van der Waals surface area (Å²) in [5.41, 5.74) is 5.63. The highest BCUT2D eigenvalue weighted by Gasteiger charge is 2.14. The Labute approximate surface area is 153 Å². The standard InChI is InChI=1S/C23H21FN2/c24-21-11-9-20(10-12-21)23-8-4-7-22(25-23)17-26-15-13-19(14-16-26)18-5-2-1-3-6-18/h1-13H,14-17H2. The van der Waals surface area contributed by atoms with Gasteiger partial charge in [-0.25, -0.2) is 4.39 Å². The van der Waals surface area contributed by atoms with E-state index in [9.17, 15) is 4.39 Å². The first-order valence-electron chi connectivity index (χ1n) is 8.96. The molecule has 0 amide bonds. The van der Waals surface area contributed by atoms with Crippen LogP contribution >= 0.6 is 0 Å². The molecule has 2 heterocycles. The van der Waals surface area contributed by atoms with Crippen molar-refractivity contribution in [1.82, 2.24) is 9.88 Å². The lowest BCUT2D eigenvalue weighted by Crippen LogP contribution is -2.28. The summed E-state index contributed by atoms with van der Waals surface area (Å²) in [6.07, 6.45) is 3.38. The molecule has 0 N–H and O–H groups in total. The molecule has 3 aromatic rings. The van der Waals surface area contributed by atoms with E-state index in [2.05, 4.69) is 47.4 Å². The summed E-state index contributed by atoms with van der Waals surface area (Å²) in [6, 6.07) is 23.1. The first-order chi connectivity index (χ1) is 12.8. The second kappa shape index (κ2) is 7.63.